The SMILES string of the molecule is CC(=O)C1=NN(c2ccccc2C)[C@@]2(S1)SC(c1ccc(Cl)cc1)(c1ccc(Cl)cc1)c1ccccc12. The van der Waals surface area contributed by atoms with Crippen molar-refractivity contribution in [2.24, 2.45) is 5.10 Å². The van der Waals surface area contributed by atoms with Crippen molar-refractivity contribution in [2.45, 2.75) is 22.8 Å². The Morgan fingerprint density at radius 2 is 1.32 bits per heavy atom. The summed E-state index contributed by atoms with van der Waals surface area (Å²) in [6.45, 7) is 3.66. The molecule has 2 aliphatic heterocycles. The molecule has 0 saturated heterocycles. The first-order valence-corrected chi connectivity index (χ1v) is 14.2. The van der Waals surface area contributed by atoms with Crippen molar-refractivity contribution in [3.63, 3.8) is 0 Å². The van der Waals surface area contributed by atoms with Crippen molar-refractivity contribution in [1.29, 1.82) is 0 Å². The van der Waals surface area contributed by atoms with Gasteiger partial charge in [-0.15, -0.1) is 0 Å². The highest BCUT2D eigenvalue weighted by Gasteiger charge is 2.61. The van der Waals surface area contributed by atoms with E-state index in [1.54, 1.807) is 18.7 Å². The summed E-state index contributed by atoms with van der Waals surface area (Å²) in [7, 11) is 0. The summed E-state index contributed by atoms with van der Waals surface area (Å²) >= 11 is 16.0. The first-order valence-electron chi connectivity index (χ1n) is 11.8. The Bertz CT molecular complexity index is 1510. The Morgan fingerprint density at radius 3 is 1.89 bits per heavy atom. The van der Waals surface area contributed by atoms with E-state index in [2.05, 4.69) is 67.6 Å². The smallest absolute Gasteiger partial charge is 0.187 e. The zero-order chi connectivity index (χ0) is 25.8. The number of thioether (sulfide) groups is 2. The molecule has 0 radical (unpaired) electrons. The number of hydrogen-bond acceptors (Lipinski definition) is 5. The van der Waals surface area contributed by atoms with Crippen molar-refractivity contribution in [1.82, 2.24) is 0 Å². The number of hydrazone groups is 1. The van der Waals surface area contributed by atoms with E-state index in [0.717, 1.165) is 33.5 Å². The molecule has 4 aromatic carbocycles. The van der Waals surface area contributed by atoms with E-state index < -0.39 is 8.95 Å². The second-order valence-corrected chi connectivity index (χ2v) is 12.8. The zero-order valence-corrected chi connectivity index (χ0v) is 23.3. The second-order valence-electron chi connectivity index (χ2n) is 9.09. The number of benzene rings is 4. The molecule has 6 rings (SSSR count). The molecule has 0 N–H and O–H groups in total. The third-order valence-corrected chi connectivity index (χ3v) is 10.7. The van der Waals surface area contributed by atoms with Crippen LogP contribution in [0.1, 0.15) is 34.7 Å². The first kappa shape index (κ1) is 24.6. The highest BCUT2D eigenvalue weighted by Crippen LogP contribution is 2.71. The van der Waals surface area contributed by atoms with Crippen LogP contribution < -0.4 is 5.01 Å². The van der Waals surface area contributed by atoms with E-state index in [-0.39, 0.29) is 5.78 Å². The van der Waals surface area contributed by atoms with Gasteiger partial charge in [-0.2, -0.15) is 5.10 Å². The van der Waals surface area contributed by atoms with Crippen molar-refractivity contribution in [3.05, 3.63) is 135 Å². The Kier molecular flexibility index (Phi) is 6.15. The zero-order valence-electron chi connectivity index (χ0n) is 20.1. The molecule has 0 amide bonds. The van der Waals surface area contributed by atoms with Gasteiger partial charge in [0.25, 0.3) is 0 Å². The Hall–Kier alpha value is -2.70. The van der Waals surface area contributed by atoms with Gasteiger partial charge in [0.1, 0.15) is 0 Å². The molecule has 4 aromatic rings. The fraction of sp³-hybridized carbons (Fsp3) is 0.133. The topological polar surface area (TPSA) is 32.7 Å². The molecule has 3 nitrogen and oxygen atoms in total. The van der Waals surface area contributed by atoms with E-state index in [4.69, 9.17) is 28.3 Å². The summed E-state index contributed by atoms with van der Waals surface area (Å²) in [6.07, 6.45) is 0. The minimum Gasteiger partial charge on any atom is -0.292 e. The van der Waals surface area contributed by atoms with Crippen molar-refractivity contribution >= 4 is 63.2 Å². The van der Waals surface area contributed by atoms with Gasteiger partial charge in [-0.05, 0) is 59.5 Å². The number of rotatable bonds is 4. The average molecular weight is 562 g/mol. The van der Waals surface area contributed by atoms with Crippen molar-refractivity contribution in [2.75, 3.05) is 5.01 Å². The number of halogens is 2. The van der Waals surface area contributed by atoms with Crippen LogP contribution in [0.15, 0.2) is 102 Å². The Morgan fingerprint density at radius 1 is 0.784 bits per heavy atom. The number of carbonyl (C=O) groups excluding carboxylic acids is 1. The molecule has 0 fully saturated rings. The molecule has 0 aliphatic carbocycles. The maximum absolute atomic E-state index is 12.7. The molecule has 2 aliphatic rings. The van der Waals surface area contributed by atoms with Gasteiger partial charge >= 0.3 is 0 Å². The maximum Gasteiger partial charge on any atom is 0.187 e. The Labute approximate surface area is 234 Å². The monoisotopic (exact) mass is 560 g/mol. The quantitative estimate of drug-likeness (QED) is 0.250. The number of ketones is 1. The number of nitrogens with zero attached hydrogens (tertiary/aromatic N) is 2. The molecule has 184 valence electrons. The summed E-state index contributed by atoms with van der Waals surface area (Å²) in [4.78, 5) is 12.7. The van der Waals surface area contributed by atoms with E-state index in [1.807, 2.05) is 41.4 Å². The fourth-order valence-electron chi connectivity index (χ4n) is 5.09. The maximum atomic E-state index is 12.7. The molecule has 2 heterocycles. The molecule has 37 heavy (non-hydrogen) atoms. The van der Waals surface area contributed by atoms with Crippen LogP contribution in [-0.4, -0.2) is 10.8 Å². The minimum atomic E-state index is -0.705. The third-order valence-electron chi connectivity index (χ3n) is 6.79. The number of hydrogen-bond donors (Lipinski definition) is 0. The van der Waals surface area contributed by atoms with Crippen LogP contribution >= 0.6 is 46.7 Å². The predicted octanol–water partition coefficient (Wildman–Crippen LogP) is 8.61. The van der Waals surface area contributed by atoms with Crippen LogP contribution in [0.5, 0.6) is 0 Å². The predicted molar refractivity (Wildman–Crippen MR) is 158 cm³/mol. The van der Waals surface area contributed by atoms with Gasteiger partial charge in [-0.3, -0.25) is 4.79 Å². The van der Waals surface area contributed by atoms with Gasteiger partial charge in [0.2, 0.25) is 0 Å². The van der Waals surface area contributed by atoms with Gasteiger partial charge in [0.05, 0.1) is 10.4 Å². The molecule has 0 unspecified atom stereocenters. The number of aryl methyl sites for hydroxylation is 1. The lowest BCUT2D eigenvalue weighted by molar-refractivity contribution is -0.110. The number of anilines is 1. The van der Waals surface area contributed by atoms with Gasteiger partial charge in [0.15, 0.2) is 15.0 Å². The fourth-order valence-corrected chi connectivity index (χ4v) is 8.88. The van der Waals surface area contributed by atoms with Gasteiger partial charge < -0.3 is 0 Å². The van der Waals surface area contributed by atoms with E-state index in [9.17, 15) is 4.79 Å². The number of Topliss-reactive ketones (excluding diaryl/α,β-unsaturated/α-hetero) is 1. The minimum absolute atomic E-state index is 0.0472. The van der Waals surface area contributed by atoms with Crippen LogP contribution in [0.25, 0.3) is 0 Å². The average Bonchev–Trinajstić information content (AvgIpc) is 3.43. The molecule has 7 heteroatoms. The largest absolute Gasteiger partial charge is 0.292 e. The summed E-state index contributed by atoms with van der Waals surface area (Å²) in [5.74, 6) is -0.0472. The highest BCUT2D eigenvalue weighted by molar-refractivity contribution is 8.27. The molecule has 1 spiro atoms. The molecular formula is C30H22Cl2N2OS2. The van der Waals surface area contributed by atoms with Crippen molar-refractivity contribution in [3.8, 4) is 0 Å². The van der Waals surface area contributed by atoms with Crippen LogP contribution in [0.2, 0.25) is 10.0 Å². The lowest BCUT2D eigenvalue weighted by atomic mass is 9.82. The number of carbonyl (C=O) groups is 1. The normalized spacial score (nSPS) is 19.7. The Balaban J connectivity index is 1.66. The molecule has 0 saturated carbocycles. The van der Waals surface area contributed by atoms with Gasteiger partial charge in [0, 0.05) is 22.5 Å². The number of para-hydroxylation sites is 1. The molecule has 1 atom stereocenters. The molecule has 0 aromatic heterocycles. The van der Waals surface area contributed by atoms with E-state index >= 15 is 0 Å². The van der Waals surface area contributed by atoms with Crippen molar-refractivity contribution < 1.29 is 4.79 Å². The van der Waals surface area contributed by atoms with Crippen LogP contribution in [0, 0.1) is 6.92 Å². The van der Waals surface area contributed by atoms with Crippen LogP contribution in [0.3, 0.4) is 0 Å². The lowest BCUT2D eigenvalue weighted by Gasteiger charge is -2.37. The van der Waals surface area contributed by atoms with Gasteiger partial charge in [-0.1, -0.05) is 113 Å². The first-order chi connectivity index (χ1) is 17.8. The third kappa shape index (κ3) is 3.83. The summed E-state index contributed by atoms with van der Waals surface area (Å²) in [5, 5.41) is 8.83. The summed E-state index contributed by atoms with van der Waals surface area (Å²) < 4.78 is -1.30. The summed E-state index contributed by atoms with van der Waals surface area (Å²) in [5.41, 5.74) is 6.50. The van der Waals surface area contributed by atoms with E-state index in [0.29, 0.717) is 15.1 Å². The van der Waals surface area contributed by atoms with Crippen LogP contribution in [-0.2, 0) is 13.7 Å². The highest BCUT2D eigenvalue weighted by atomic mass is 35.5. The molecular weight excluding hydrogens is 539 g/mol. The van der Waals surface area contributed by atoms with Gasteiger partial charge in [-0.25, -0.2) is 5.01 Å². The summed E-state index contributed by atoms with van der Waals surface area (Å²) in [6, 6.07) is 32.7. The van der Waals surface area contributed by atoms with Crippen LogP contribution in [0.4, 0.5) is 5.69 Å². The lowest BCUT2D eigenvalue weighted by Crippen LogP contribution is -2.34. The number of fused-ring (bicyclic) bond motifs is 2. The standard InChI is InChI=1S/C30H22Cl2N2OS2/c1-19-7-3-6-10-27(19)34-30(36-28(33-34)20(2)35)26-9-5-4-8-25(26)29(37-30,21-11-15-23(31)16-12-21)22-13-17-24(32)18-14-22/h3-18H,1-2H3/t30-/m0/s1. The molecule has 0 bridgehead atoms. The second kappa shape index (κ2) is 9.25. The van der Waals surface area contributed by atoms with E-state index in [1.165, 1.54) is 11.8 Å².